The Morgan fingerprint density at radius 3 is 1.24 bits per heavy atom. The van der Waals surface area contributed by atoms with Crippen LogP contribution in [0, 0.1) is 68.3 Å². The van der Waals surface area contributed by atoms with Crippen LogP contribution in [0.1, 0.15) is 38.9 Å². The third-order valence-corrected chi connectivity index (χ3v) is 15.6. The third-order valence-electron chi connectivity index (χ3n) is 15.6. The van der Waals surface area contributed by atoms with E-state index in [1.54, 1.807) is 0 Å². The minimum atomic E-state index is -0.117. The Morgan fingerprint density at radius 1 is 0.394 bits per heavy atom. The monoisotopic (exact) mass is 830 g/mol. The van der Waals surface area contributed by atoms with Crippen molar-refractivity contribution >= 4 is 84.2 Å². The molecular formula is C60H32B2N4. The summed E-state index contributed by atoms with van der Waals surface area (Å²) < 4.78 is 0. The molecule has 4 nitrogen and oxygen atoms in total. The van der Waals surface area contributed by atoms with Crippen LogP contribution in [0.4, 0.5) is 5.69 Å². The molecule has 0 amide bonds. The van der Waals surface area contributed by atoms with Gasteiger partial charge in [0, 0.05) is 0 Å². The summed E-state index contributed by atoms with van der Waals surface area (Å²) in [5.74, 6) is 0. The Labute approximate surface area is 382 Å². The van der Waals surface area contributed by atoms with E-state index in [0.29, 0.717) is 22.4 Å². The largest absolute Gasteiger partial charge is 0.244 e. The summed E-state index contributed by atoms with van der Waals surface area (Å²) in [6.07, 6.45) is 0. The average molecular weight is 831 g/mol. The van der Waals surface area contributed by atoms with Crippen molar-refractivity contribution in [2.24, 2.45) is 0 Å². The first-order chi connectivity index (χ1) is 32.2. The molecule has 0 radical (unpaired) electrons. The lowest BCUT2D eigenvalue weighted by atomic mass is 9.34. The van der Waals surface area contributed by atoms with E-state index in [1.807, 2.05) is 36.4 Å². The molecule has 0 unspecified atom stereocenters. The van der Waals surface area contributed by atoms with Crippen LogP contribution in [0.25, 0.3) is 104 Å². The van der Waals surface area contributed by atoms with E-state index >= 15 is 0 Å². The van der Waals surface area contributed by atoms with E-state index in [1.165, 1.54) is 87.5 Å². The molecule has 0 fully saturated rings. The Hall–Kier alpha value is -8.67. The van der Waals surface area contributed by atoms with Gasteiger partial charge >= 0.3 is 0 Å². The molecule has 6 heteroatoms. The highest BCUT2D eigenvalue weighted by Gasteiger charge is 2.45. The molecule has 0 spiro atoms. The zero-order valence-corrected chi connectivity index (χ0v) is 36.5. The first-order valence-corrected chi connectivity index (χ1v) is 22.4. The zero-order valence-electron chi connectivity index (χ0n) is 36.5. The van der Waals surface area contributed by atoms with E-state index in [9.17, 15) is 15.8 Å². The smallest absolute Gasteiger partial charge is 0.238 e. The molecule has 0 N–H and O–H groups in total. The van der Waals surface area contributed by atoms with Crippen molar-refractivity contribution in [3.8, 4) is 85.0 Å². The topological polar surface area (TPSA) is 75.7 Å². The maximum Gasteiger partial charge on any atom is 0.244 e. The van der Waals surface area contributed by atoms with Gasteiger partial charge in [-0.25, -0.2) is 4.85 Å². The molecule has 14 rings (SSSR count). The Bertz CT molecular complexity index is 3910. The van der Waals surface area contributed by atoms with Crippen molar-refractivity contribution < 1.29 is 0 Å². The Morgan fingerprint density at radius 2 is 0.803 bits per heavy atom. The van der Waals surface area contributed by atoms with E-state index < -0.39 is 0 Å². The van der Waals surface area contributed by atoms with Crippen LogP contribution in [0.3, 0.4) is 0 Å². The quantitative estimate of drug-likeness (QED) is 0.0989. The fourth-order valence-corrected chi connectivity index (χ4v) is 13.2. The number of rotatable bonds is 2. The van der Waals surface area contributed by atoms with Crippen molar-refractivity contribution in [1.82, 2.24) is 0 Å². The fourth-order valence-electron chi connectivity index (χ4n) is 13.2. The van der Waals surface area contributed by atoms with Gasteiger partial charge < -0.3 is 0 Å². The number of nitrogens with zero attached hydrogens (tertiary/aromatic N) is 4. The fraction of sp³-hybridized carbons (Fsp3) is 0.0667. The minimum Gasteiger partial charge on any atom is -0.238 e. The molecule has 0 saturated carbocycles. The zero-order chi connectivity index (χ0) is 44.6. The van der Waals surface area contributed by atoms with Gasteiger partial charge in [-0.2, -0.15) is 15.8 Å². The van der Waals surface area contributed by atoms with Gasteiger partial charge in [0.1, 0.15) is 0 Å². The molecule has 66 heavy (non-hydrogen) atoms. The minimum absolute atomic E-state index is 0.113. The highest BCUT2D eigenvalue weighted by Crippen LogP contribution is 2.52. The summed E-state index contributed by atoms with van der Waals surface area (Å²) in [5, 5.41) is 38.7. The summed E-state index contributed by atoms with van der Waals surface area (Å²) in [6.45, 7) is 16.6. The lowest BCUT2D eigenvalue weighted by Gasteiger charge is -2.33. The number of hydrogen-bond donors (Lipinski definition) is 0. The summed E-state index contributed by atoms with van der Waals surface area (Å²) in [6, 6.07) is 50.9. The summed E-state index contributed by atoms with van der Waals surface area (Å²) in [5.41, 5.74) is 27.5. The van der Waals surface area contributed by atoms with Gasteiger partial charge in [-0.15, -0.1) is 0 Å². The molecule has 0 aliphatic carbocycles. The Balaban J connectivity index is 1.27. The van der Waals surface area contributed by atoms with Gasteiger partial charge in [-0.05, 0) is 204 Å². The third kappa shape index (κ3) is 4.37. The first kappa shape index (κ1) is 36.8. The molecule has 0 saturated heterocycles. The summed E-state index contributed by atoms with van der Waals surface area (Å²) in [4.78, 5) is 3.87. The number of nitriles is 3. The van der Waals surface area contributed by atoms with Gasteiger partial charge in [-0.3, -0.25) is 0 Å². The molecule has 0 aromatic heterocycles. The van der Waals surface area contributed by atoms with Gasteiger partial charge in [0.05, 0.1) is 41.5 Å². The second-order valence-electron chi connectivity index (χ2n) is 18.9. The first-order valence-electron chi connectivity index (χ1n) is 22.4. The van der Waals surface area contributed by atoms with E-state index in [0.717, 1.165) is 66.6 Å². The molecule has 0 bridgehead atoms. The number of hydrogen-bond acceptors (Lipinski definition) is 3. The van der Waals surface area contributed by atoms with E-state index in [4.69, 9.17) is 6.57 Å². The molecule has 10 aromatic rings. The van der Waals surface area contributed by atoms with Crippen molar-refractivity contribution in [2.75, 3.05) is 0 Å². The van der Waals surface area contributed by atoms with Crippen LogP contribution in [0.2, 0.25) is 0 Å². The number of aryl methyl sites for hydroxylation is 4. The van der Waals surface area contributed by atoms with Gasteiger partial charge in [0.15, 0.2) is 5.69 Å². The van der Waals surface area contributed by atoms with E-state index in [2.05, 4.69) is 136 Å². The molecule has 4 aliphatic rings. The lowest BCUT2D eigenvalue weighted by molar-refractivity contribution is 1.38. The average Bonchev–Trinajstić information content (AvgIpc) is 3.84. The van der Waals surface area contributed by atoms with Crippen molar-refractivity contribution in [2.45, 2.75) is 27.7 Å². The maximum absolute atomic E-state index is 10.7. The highest BCUT2D eigenvalue weighted by atomic mass is 14.6. The Kier molecular flexibility index (Phi) is 6.98. The number of fused-ring (bicyclic) bond motifs is 10. The molecule has 4 aliphatic heterocycles. The van der Waals surface area contributed by atoms with Crippen LogP contribution in [0.15, 0.2) is 121 Å². The second-order valence-corrected chi connectivity index (χ2v) is 18.9. The number of benzene rings is 10. The molecule has 4 heterocycles. The van der Waals surface area contributed by atoms with Gasteiger partial charge in [0.25, 0.3) is 0 Å². The van der Waals surface area contributed by atoms with Gasteiger partial charge in [0.2, 0.25) is 13.4 Å². The van der Waals surface area contributed by atoms with E-state index in [-0.39, 0.29) is 13.4 Å². The van der Waals surface area contributed by atoms with Crippen LogP contribution >= 0.6 is 0 Å². The molecular weight excluding hydrogens is 798 g/mol. The lowest BCUT2D eigenvalue weighted by Crippen LogP contribution is -2.53. The van der Waals surface area contributed by atoms with Crippen LogP contribution in [-0.2, 0) is 0 Å². The van der Waals surface area contributed by atoms with Crippen molar-refractivity contribution in [1.29, 1.82) is 15.8 Å². The molecule has 10 aromatic carbocycles. The highest BCUT2D eigenvalue weighted by molar-refractivity contribution is 7.03. The summed E-state index contributed by atoms with van der Waals surface area (Å²) in [7, 11) is 0. The standard InChI is InChI=1S/C60H32B2N4/c1-29-8-6-9-30(2)53(29)39-22-41-47-19-34(27-64)17-45-37-16-33(26-63)12-14-49(37)61(59(45)47)51-24-43-40(54-31(3)10-7-11-32(54)4)23-42-48-20-35(28-65)18-46-38-21-36(66-5)13-15-50(38)62(60(46)48)52-25-44(39)57(55(41)51)58(43)56(42)52/h6-25H,1-4H3. The molecule has 298 valence electrons. The second kappa shape index (κ2) is 12.5. The van der Waals surface area contributed by atoms with Crippen LogP contribution in [0.5, 0.6) is 0 Å². The van der Waals surface area contributed by atoms with Crippen LogP contribution in [-0.4, -0.2) is 13.4 Å². The van der Waals surface area contributed by atoms with Crippen molar-refractivity contribution in [3.63, 3.8) is 0 Å². The summed E-state index contributed by atoms with van der Waals surface area (Å²) >= 11 is 0. The predicted molar refractivity (Wildman–Crippen MR) is 271 cm³/mol. The normalized spacial score (nSPS) is 12.7. The van der Waals surface area contributed by atoms with Crippen LogP contribution < -0.4 is 32.8 Å². The predicted octanol–water partition coefficient (Wildman–Crippen LogP) is 10.3. The maximum atomic E-state index is 10.7. The molecule has 0 atom stereocenters. The van der Waals surface area contributed by atoms with Gasteiger partial charge in [-0.1, -0.05) is 99.5 Å². The SMILES string of the molecule is [C-]#[N+]c1ccc2c(c1)-c1cc(C#N)cc3c1B2c1cc2c(-c4c(C)cccc4C)cc4c5c(cc6c(-c7c(C)cccc7C)cc-3c1c6c25)B1c2ccc(C#N)cc2-c2cc(C#N)cc-4c21. The van der Waals surface area contributed by atoms with Crippen molar-refractivity contribution in [3.05, 3.63) is 172 Å².